The molecule has 0 heterocycles. The summed E-state index contributed by atoms with van der Waals surface area (Å²) in [7, 11) is -0.933. The first-order valence-corrected chi connectivity index (χ1v) is 13.4. The molecule has 0 saturated carbocycles. The quantitative estimate of drug-likeness (QED) is 0.492. The molecular formula is C14H22Cl2HfSi. The van der Waals surface area contributed by atoms with Gasteiger partial charge in [0.1, 0.15) is 0 Å². The summed E-state index contributed by atoms with van der Waals surface area (Å²) in [5, 5.41) is 0. The van der Waals surface area contributed by atoms with Gasteiger partial charge in [0, 0.05) is 0 Å². The molecule has 0 saturated heterocycles. The molecule has 0 amide bonds. The zero-order valence-corrected chi connectivity index (χ0v) is 17.6. The van der Waals surface area contributed by atoms with Gasteiger partial charge >= 0.3 is 112 Å². The van der Waals surface area contributed by atoms with Crippen LogP contribution in [0.1, 0.15) is 12.8 Å². The molecular weight excluding hydrogens is 446 g/mol. The summed E-state index contributed by atoms with van der Waals surface area (Å²) in [6.45, 7) is 7.44. The Hall–Kier alpha value is 0.627. The molecule has 18 heavy (non-hydrogen) atoms. The second-order valence-corrected chi connectivity index (χ2v) is 16.6. The Balaban J connectivity index is 0.00000144. The topological polar surface area (TPSA) is 0 Å². The van der Waals surface area contributed by atoms with Gasteiger partial charge in [0.05, 0.1) is 0 Å². The molecule has 0 radical (unpaired) electrons. The van der Waals surface area contributed by atoms with Crippen LogP contribution in [0.3, 0.4) is 0 Å². The van der Waals surface area contributed by atoms with E-state index in [-0.39, 0.29) is 24.8 Å². The van der Waals surface area contributed by atoms with Crippen molar-refractivity contribution in [1.29, 1.82) is 0 Å². The van der Waals surface area contributed by atoms with Gasteiger partial charge in [-0.3, -0.25) is 0 Å². The number of halogens is 2. The summed E-state index contributed by atoms with van der Waals surface area (Å²) in [6.07, 6.45) is 14.3. The Kier molecular flexibility index (Phi) is 8.31. The third kappa shape index (κ3) is 5.73. The molecule has 0 aromatic heterocycles. The third-order valence-electron chi connectivity index (χ3n) is 2.83. The summed E-state index contributed by atoms with van der Waals surface area (Å²) in [5.74, 6) is 0. The van der Waals surface area contributed by atoms with Crippen molar-refractivity contribution in [3.8, 4) is 0 Å². The van der Waals surface area contributed by atoms with Gasteiger partial charge in [0.25, 0.3) is 0 Å². The Morgan fingerprint density at radius 3 is 2.39 bits per heavy atom. The SMILES string of the molecule is C[Si](C)(C)CC1=[C]([Hf][C]2=CC=CC2)CC=C1.Cl.Cl. The average molecular weight is 468 g/mol. The first-order valence-electron chi connectivity index (χ1n) is 6.06. The molecule has 0 N–H and O–H groups in total. The number of hydrogen-bond acceptors (Lipinski definition) is 0. The molecule has 0 atom stereocenters. The molecule has 0 unspecified atom stereocenters. The van der Waals surface area contributed by atoms with Crippen LogP contribution in [-0.2, 0) is 22.9 Å². The predicted octanol–water partition coefficient (Wildman–Crippen LogP) is 5.31. The predicted molar refractivity (Wildman–Crippen MR) is 85.3 cm³/mol. The van der Waals surface area contributed by atoms with Crippen molar-refractivity contribution < 1.29 is 22.9 Å². The van der Waals surface area contributed by atoms with Crippen LogP contribution >= 0.6 is 24.8 Å². The molecule has 0 bridgehead atoms. The van der Waals surface area contributed by atoms with Crippen LogP contribution in [0.4, 0.5) is 0 Å². The van der Waals surface area contributed by atoms with E-state index in [9.17, 15) is 0 Å². The minimum Gasteiger partial charge on any atom is -0.147 e. The molecule has 0 nitrogen and oxygen atoms in total. The summed E-state index contributed by atoms with van der Waals surface area (Å²) in [4.78, 5) is 0. The van der Waals surface area contributed by atoms with Crippen molar-refractivity contribution in [2.45, 2.75) is 38.5 Å². The second kappa shape index (κ2) is 8.03. The van der Waals surface area contributed by atoms with Gasteiger partial charge in [-0.05, 0) is 0 Å². The molecule has 2 aliphatic carbocycles. The summed E-state index contributed by atoms with van der Waals surface area (Å²) >= 11 is -0.643. The van der Waals surface area contributed by atoms with E-state index < -0.39 is 31.0 Å². The van der Waals surface area contributed by atoms with E-state index in [4.69, 9.17) is 0 Å². The van der Waals surface area contributed by atoms with Gasteiger partial charge in [-0.15, -0.1) is 24.8 Å². The Bertz CT molecular complexity index is 401. The van der Waals surface area contributed by atoms with E-state index in [1.807, 2.05) is 3.33 Å². The molecule has 100 valence electrons. The van der Waals surface area contributed by atoms with E-state index in [0.29, 0.717) is 0 Å². The third-order valence-corrected chi connectivity index (χ3v) is 9.73. The molecule has 4 heteroatoms. The molecule has 0 aliphatic heterocycles. The number of allylic oxidation sites excluding steroid dienone is 8. The zero-order chi connectivity index (χ0) is 11.6. The van der Waals surface area contributed by atoms with Gasteiger partial charge < -0.3 is 0 Å². The summed E-state index contributed by atoms with van der Waals surface area (Å²) in [6, 6.07) is 1.40. The minimum atomic E-state index is -0.933. The van der Waals surface area contributed by atoms with E-state index in [0.717, 1.165) is 0 Å². The largest absolute Gasteiger partial charge is 0.147 e. The standard InChI is InChI=1S/C9H15Si.C5H5.2ClH.Hf/c1-10(2,3)8-9-6-4-5-7-9;1-2-4-5-3-1;;;/h4,6H,5,8H2,1-3H3;1-3H,4H2;2*1H;. The van der Waals surface area contributed by atoms with Crippen molar-refractivity contribution in [3.63, 3.8) is 0 Å². The maximum Gasteiger partial charge on any atom is -0.147 e. The molecule has 2 aliphatic rings. The van der Waals surface area contributed by atoms with Crippen LogP contribution in [0.25, 0.3) is 0 Å². The van der Waals surface area contributed by atoms with Gasteiger partial charge in [0.15, 0.2) is 0 Å². The van der Waals surface area contributed by atoms with Gasteiger partial charge in [-0.1, -0.05) is 0 Å². The molecule has 0 spiro atoms. The Morgan fingerprint density at radius 1 is 1.11 bits per heavy atom. The maximum absolute atomic E-state index is 2.48. The minimum absolute atomic E-state index is 0. The van der Waals surface area contributed by atoms with Crippen LogP contribution in [0, 0.1) is 0 Å². The van der Waals surface area contributed by atoms with Crippen LogP contribution in [0.15, 0.2) is 42.6 Å². The first-order chi connectivity index (χ1) is 7.54. The van der Waals surface area contributed by atoms with Crippen molar-refractivity contribution in [2.75, 3.05) is 0 Å². The van der Waals surface area contributed by atoms with E-state index in [2.05, 4.69) is 50.0 Å². The average Bonchev–Trinajstić information content (AvgIpc) is 2.77. The molecule has 2 rings (SSSR count). The van der Waals surface area contributed by atoms with Crippen LogP contribution in [0.5, 0.6) is 0 Å². The molecule has 0 fully saturated rings. The molecule has 0 aromatic carbocycles. The van der Waals surface area contributed by atoms with E-state index in [1.165, 1.54) is 18.9 Å². The summed E-state index contributed by atoms with van der Waals surface area (Å²) < 4.78 is 3.66. The van der Waals surface area contributed by atoms with Crippen molar-refractivity contribution in [1.82, 2.24) is 0 Å². The van der Waals surface area contributed by atoms with Gasteiger partial charge in [0.2, 0.25) is 0 Å². The monoisotopic (exact) mass is 468 g/mol. The van der Waals surface area contributed by atoms with E-state index >= 15 is 0 Å². The van der Waals surface area contributed by atoms with Gasteiger partial charge in [-0.25, -0.2) is 0 Å². The molecule has 0 aromatic rings. The number of hydrogen-bond donors (Lipinski definition) is 0. The Morgan fingerprint density at radius 2 is 1.83 bits per heavy atom. The zero-order valence-electron chi connectivity index (χ0n) is 11.3. The fourth-order valence-corrected chi connectivity index (χ4v) is 9.07. The Labute approximate surface area is 136 Å². The number of rotatable bonds is 4. The van der Waals surface area contributed by atoms with Crippen LogP contribution in [0.2, 0.25) is 25.7 Å². The van der Waals surface area contributed by atoms with Crippen LogP contribution < -0.4 is 0 Å². The van der Waals surface area contributed by atoms with Crippen molar-refractivity contribution in [3.05, 3.63) is 42.6 Å². The maximum atomic E-state index is 2.48. The smallest absolute Gasteiger partial charge is 0.147 e. The van der Waals surface area contributed by atoms with Crippen molar-refractivity contribution >= 4 is 32.9 Å². The fraction of sp³-hybridized carbons (Fsp3) is 0.429. The first kappa shape index (κ1) is 18.6. The fourth-order valence-electron chi connectivity index (χ4n) is 2.15. The second-order valence-electron chi connectivity index (χ2n) is 5.80. The van der Waals surface area contributed by atoms with Crippen molar-refractivity contribution in [2.24, 2.45) is 0 Å². The van der Waals surface area contributed by atoms with Gasteiger partial charge in [-0.2, -0.15) is 0 Å². The van der Waals surface area contributed by atoms with Crippen LogP contribution in [-0.4, -0.2) is 8.07 Å². The normalized spacial score (nSPS) is 17.4. The summed E-state index contributed by atoms with van der Waals surface area (Å²) in [5.41, 5.74) is 1.73. The van der Waals surface area contributed by atoms with E-state index in [1.54, 1.807) is 8.90 Å².